The molecular weight excluding hydrogens is 408 g/mol. The molecule has 0 N–H and O–H groups in total. The van der Waals surface area contributed by atoms with Gasteiger partial charge in [0.05, 0.1) is 11.3 Å². The quantitative estimate of drug-likeness (QED) is 0.453. The van der Waals surface area contributed by atoms with Crippen LogP contribution in [0.1, 0.15) is 5.56 Å². The van der Waals surface area contributed by atoms with Crippen LogP contribution in [0.15, 0.2) is 66.0 Å². The van der Waals surface area contributed by atoms with Crippen LogP contribution in [-0.4, -0.2) is 42.7 Å². The Balaban J connectivity index is 1.36. The molecule has 0 aliphatic carbocycles. The molecular formula is C23H22N6OS. The summed E-state index contributed by atoms with van der Waals surface area (Å²) in [6.45, 7) is 0.735. The van der Waals surface area contributed by atoms with Crippen LogP contribution in [0, 0.1) is 0 Å². The lowest BCUT2D eigenvalue weighted by atomic mass is 10.1. The zero-order valence-electron chi connectivity index (χ0n) is 17.4. The maximum absolute atomic E-state index is 12.8. The van der Waals surface area contributed by atoms with Crippen molar-refractivity contribution in [2.75, 3.05) is 17.2 Å². The van der Waals surface area contributed by atoms with Gasteiger partial charge in [0.15, 0.2) is 11.0 Å². The summed E-state index contributed by atoms with van der Waals surface area (Å²) in [5.41, 5.74) is 5.05. The number of carbonyl (C=O) groups is 1. The lowest BCUT2D eigenvalue weighted by molar-refractivity contribution is -0.116. The second-order valence-electron chi connectivity index (χ2n) is 7.51. The van der Waals surface area contributed by atoms with E-state index < -0.39 is 0 Å². The number of anilines is 1. The van der Waals surface area contributed by atoms with Gasteiger partial charge in [0.2, 0.25) is 5.91 Å². The van der Waals surface area contributed by atoms with Crippen LogP contribution in [0.5, 0.6) is 0 Å². The number of aromatic nitrogens is 5. The highest BCUT2D eigenvalue weighted by molar-refractivity contribution is 7.99. The Morgan fingerprint density at radius 1 is 1.03 bits per heavy atom. The topological polar surface area (TPSA) is 68.8 Å². The van der Waals surface area contributed by atoms with Gasteiger partial charge < -0.3 is 9.47 Å². The molecule has 1 amide bonds. The number of benzene rings is 2. The number of carbonyl (C=O) groups excluding carboxylic acids is 1. The van der Waals surface area contributed by atoms with Crippen LogP contribution in [0.3, 0.4) is 0 Å². The Hall–Kier alpha value is -3.39. The Bertz CT molecular complexity index is 1250. The first-order chi connectivity index (χ1) is 15.1. The van der Waals surface area contributed by atoms with Gasteiger partial charge in [0.25, 0.3) is 0 Å². The molecule has 0 atom stereocenters. The Morgan fingerprint density at radius 2 is 1.81 bits per heavy atom. The zero-order chi connectivity index (χ0) is 21.4. The highest BCUT2D eigenvalue weighted by Crippen LogP contribution is 2.32. The fourth-order valence-electron chi connectivity index (χ4n) is 3.94. The minimum atomic E-state index is 0.0888. The number of hydrogen-bond acceptors (Lipinski definition) is 5. The summed E-state index contributed by atoms with van der Waals surface area (Å²) in [4.78, 5) is 14.7. The number of para-hydroxylation sites is 1. The summed E-state index contributed by atoms with van der Waals surface area (Å²) < 4.78 is 3.72. The van der Waals surface area contributed by atoms with E-state index in [4.69, 9.17) is 0 Å². The average Bonchev–Trinajstić information content (AvgIpc) is 3.49. The molecule has 0 bridgehead atoms. The SMILES string of the molecule is Cn1cc(-c2nnc(SCC(=O)N3CCc4ccccc43)n2C)c(-c2ccccc2)n1. The van der Waals surface area contributed by atoms with Crippen molar-refractivity contribution in [2.45, 2.75) is 11.6 Å². The van der Waals surface area contributed by atoms with Crippen LogP contribution >= 0.6 is 11.8 Å². The van der Waals surface area contributed by atoms with Gasteiger partial charge in [0.1, 0.15) is 5.69 Å². The number of hydrogen-bond donors (Lipinski definition) is 0. The van der Waals surface area contributed by atoms with Crippen molar-refractivity contribution in [3.05, 3.63) is 66.4 Å². The Morgan fingerprint density at radius 3 is 2.65 bits per heavy atom. The van der Waals surface area contributed by atoms with Crippen LogP contribution in [-0.2, 0) is 25.3 Å². The molecule has 0 fully saturated rings. The molecule has 0 saturated carbocycles. The molecule has 1 aliphatic heterocycles. The van der Waals surface area contributed by atoms with Crippen LogP contribution in [0.25, 0.3) is 22.6 Å². The van der Waals surface area contributed by atoms with Gasteiger partial charge >= 0.3 is 0 Å². The van der Waals surface area contributed by atoms with E-state index in [0.29, 0.717) is 10.9 Å². The fourth-order valence-corrected chi connectivity index (χ4v) is 4.73. The largest absolute Gasteiger partial charge is 0.311 e. The molecule has 156 valence electrons. The molecule has 0 spiro atoms. The number of amides is 1. The molecule has 0 saturated heterocycles. The predicted molar refractivity (Wildman–Crippen MR) is 122 cm³/mol. The summed E-state index contributed by atoms with van der Waals surface area (Å²) >= 11 is 1.41. The molecule has 0 radical (unpaired) electrons. The molecule has 8 heteroatoms. The zero-order valence-corrected chi connectivity index (χ0v) is 18.2. The molecule has 2 aromatic carbocycles. The van der Waals surface area contributed by atoms with Crippen LogP contribution in [0.2, 0.25) is 0 Å². The second-order valence-corrected chi connectivity index (χ2v) is 8.45. The van der Waals surface area contributed by atoms with E-state index in [-0.39, 0.29) is 5.91 Å². The summed E-state index contributed by atoms with van der Waals surface area (Å²) in [6.07, 6.45) is 2.86. The van der Waals surface area contributed by atoms with Gasteiger partial charge in [-0.1, -0.05) is 60.3 Å². The Labute approximate surface area is 184 Å². The minimum Gasteiger partial charge on any atom is -0.311 e. The van der Waals surface area contributed by atoms with E-state index in [9.17, 15) is 4.79 Å². The van der Waals surface area contributed by atoms with E-state index in [0.717, 1.165) is 41.3 Å². The number of rotatable bonds is 5. The lowest BCUT2D eigenvalue weighted by Gasteiger charge is -2.16. The highest BCUT2D eigenvalue weighted by Gasteiger charge is 2.25. The van der Waals surface area contributed by atoms with Crippen molar-refractivity contribution in [2.24, 2.45) is 14.1 Å². The van der Waals surface area contributed by atoms with Crippen molar-refractivity contribution in [3.8, 4) is 22.6 Å². The maximum Gasteiger partial charge on any atom is 0.237 e. The van der Waals surface area contributed by atoms with Crippen molar-refractivity contribution in [1.82, 2.24) is 24.5 Å². The van der Waals surface area contributed by atoms with E-state index in [1.54, 1.807) is 4.68 Å². The molecule has 4 aromatic rings. The second kappa shape index (κ2) is 8.03. The van der Waals surface area contributed by atoms with Gasteiger partial charge in [0, 0.05) is 38.1 Å². The normalized spacial score (nSPS) is 12.9. The molecule has 31 heavy (non-hydrogen) atoms. The highest BCUT2D eigenvalue weighted by atomic mass is 32.2. The number of nitrogens with zero attached hydrogens (tertiary/aromatic N) is 6. The first-order valence-electron chi connectivity index (χ1n) is 10.1. The lowest BCUT2D eigenvalue weighted by Crippen LogP contribution is -2.30. The molecule has 3 heterocycles. The van der Waals surface area contributed by atoms with E-state index in [1.807, 2.05) is 78.3 Å². The third-order valence-electron chi connectivity index (χ3n) is 5.46. The Kier molecular flexibility index (Phi) is 5.07. The van der Waals surface area contributed by atoms with Gasteiger partial charge in [-0.25, -0.2) is 0 Å². The van der Waals surface area contributed by atoms with Gasteiger partial charge in [-0.3, -0.25) is 9.48 Å². The van der Waals surface area contributed by atoms with Gasteiger partial charge in [-0.15, -0.1) is 10.2 Å². The first-order valence-corrected chi connectivity index (χ1v) is 11.1. The van der Waals surface area contributed by atoms with Crippen molar-refractivity contribution < 1.29 is 4.79 Å². The number of thioether (sulfide) groups is 1. The van der Waals surface area contributed by atoms with Crippen molar-refractivity contribution in [3.63, 3.8) is 0 Å². The predicted octanol–water partition coefficient (Wildman–Crippen LogP) is 3.56. The van der Waals surface area contributed by atoms with E-state index in [1.165, 1.54) is 17.3 Å². The number of aryl methyl sites for hydroxylation is 1. The molecule has 5 rings (SSSR count). The third-order valence-corrected chi connectivity index (χ3v) is 6.47. The average molecular weight is 431 g/mol. The standard InChI is InChI=1S/C23H22N6OS/c1-27-14-18(21(26-27)17-9-4-3-5-10-17)22-24-25-23(28(22)2)31-15-20(30)29-13-12-16-8-6-7-11-19(16)29/h3-11,14H,12-13,15H2,1-2H3. The van der Waals surface area contributed by atoms with Gasteiger partial charge in [-0.2, -0.15) is 5.10 Å². The minimum absolute atomic E-state index is 0.0888. The smallest absolute Gasteiger partial charge is 0.237 e. The third kappa shape index (κ3) is 3.63. The monoisotopic (exact) mass is 430 g/mol. The fraction of sp³-hybridized carbons (Fsp3) is 0.217. The molecule has 2 aromatic heterocycles. The van der Waals surface area contributed by atoms with Crippen molar-refractivity contribution in [1.29, 1.82) is 0 Å². The van der Waals surface area contributed by atoms with Crippen LogP contribution in [0.4, 0.5) is 5.69 Å². The number of fused-ring (bicyclic) bond motifs is 1. The maximum atomic E-state index is 12.8. The summed E-state index contributed by atoms with van der Waals surface area (Å²) in [5.74, 6) is 1.14. The summed E-state index contributed by atoms with van der Waals surface area (Å²) in [5, 5.41) is 14.1. The van der Waals surface area contributed by atoms with E-state index in [2.05, 4.69) is 21.4 Å². The summed E-state index contributed by atoms with van der Waals surface area (Å²) in [7, 11) is 3.82. The van der Waals surface area contributed by atoms with E-state index >= 15 is 0 Å². The summed E-state index contributed by atoms with van der Waals surface area (Å²) in [6, 6.07) is 18.1. The van der Waals surface area contributed by atoms with Gasteiger partial charge in [-0.05, 0) is 18.1 Å². The molecule has 7 nitrogen and oxygen atoms in total. The molecule has 0 unspecified atom stereocenters. The first kappa shape index (κ1) is 19.6. The van der Waals surface area contributed by atoms with Crippen molar-refractivity contribution >= 4 is 23.4 Å². The molecule has 1 aliphatic rings. The van der Waals surface area contributed by atoms with Crippen LogP contribution < -0.4 is 4.90 Å².